The lowest BCUT2D eigenvalue weighted by molar-refractivity contribution is 0.421. The van der Waals surface area contributed by atoms with Gasteiger partial charge in [0, 0.05) is 18.3 Å². The molecule has 2 aromatic heterocycles. The third-order valence-corrected chi connectivity index (χ3v) is 2.99. The molecule has 0 aliphatic carbocycles. The van der Waals surface area contributed by atoms with Gasteiger partial charge >= 0.3 is 0 Å². The molecule has 1 unspecified atom stereocenters. The van der Waals surface area contributed by atoms with Crippen molar-refractivity contribution in [3.8, 4) is 0 Å². The molecule has 0 aliphatic heterocycles. The first-order valence-electron chi connectivity index (χ1n) is 6.40. The summed E-state index contributed by atoms with van der Waals surface area (Å²) in [6.07, 6.45) is 4.56. The lowest BCUT2D eigenvalue weighted by Crippen LogP contribution is -2.14. The summed E-state index contributed by atoms with van der Waals surface area (Å²) in [5.41, 5.74) is 8.12. The number of nitrogens with two attached hydrogens (primary N) is 1. The largest absolute Gasteiger partial charge is 0.423 e. The van der Waals surface area contributed by atoms with Crippen LogP contribution in [0, 0.1) is 0 Å². The third-order valence-electron chi connectivity index (χ3n) is 2.99. The zero-order chi connectivity index (χ0) is 13.8. The van der Waals surface area contributed by atoms with Crippen molar-refractivity contribution in [3.05, 3.63) is 65.9 Å². The van der Waals surface area contributed by atoms with Crippen molar-refractivity contribution >= 4 is 0 Å². The fourth-order valence-corrected chi connectivity index (χ4v) is 1.98. The fraction of sp³-hybridized carbons (Fsp3) is 0.214. The van der Waals surface area contributed by atoms with Crippen molar-refractivity contribution in [1.82, 2.24) is 20.2 Å². The fourth-order valence-electron chi connectivity index (χ4n) is 1.98. The Kier molecular flexibility index (Phi) is 3.56. The molecule has 0 amide bonds. The molecule has 3 N–H and O–H groups in total. The Morgan fingerprint density at radius 2 is 2.05 bits per heavy atom. The topological polar surface area (TPSA) is 93.6 Å². The maximum absolute atomic E-state index is 6.05. The second-order valence-corrected chi connectivity index (χ2v) is 4.58. The molecule has 0 saturated heterocycles. The van der Waals surface area contributed by atoms with Crippen LogP contribution < -0.4 is 5.73 Å². The van der Waals surface area contributed by atoms with Gasteiger partial charge in [-0.1, -0.05) is 30.3 Å². The first kappa shape index (κ1) is 12.6. The average molecular weight is 269 g/mol. The lowest BCUT2D eigenvalue weighted by atomic mass is 10.1. The van der Waals surface area contributed by atoms with Gasteiger partial charge in [-0.3, -0.25) is 0 Å². The van der Waals surface area contributed by atoms with Crippen LogP contribution in [0.2, 0.25) is 0 Å². The van der Waals surface area contributed by atoms with E-state index in [4.69, 9.17) is 10.2 Å². The number of benzene rings is 1. The molecule has 0 aliphatic rings. The van der Waals surface area contributed by atoms with Crippen LogP contribution in [-0.4, -0.2) is 20.2 Å². The van der Waals surface area contributed by atoms with Gasteiger partial charge in [-0.15, -0.1) is 10.2 Å². The Labute approximate surface area is 116 Å². The number of aromatic nitrogens is 4. The van der Waals surface area contributed by atoms with Crippen molar-refractivity contribution in [2.24, 2.45) is 5.73 Å². The molecule has 0 fully saturated rings. The normalized spacial score (nSPS) is 12.4. The van der Waals surface area contributed by atoms with E-state index in [1.54, 1.807) is 12.5 Å². The van der Waals surface area contributed by atoms with Gasteiger partial charge in [0.15, 0.2) is 0 Å². The minimum Gasteiger partial charge on any atom is -0.423 e. The number of imidazole rings is 1. The van der Waals surface area contributed by atoms with E-state index in [1.165, 1.54) is 0 Å². The molecular weight excluding hydrogens is 254 g/mol. The number of nitrogens with zero attached hydrogens (tertiary/aromatic N) is 3. The number of H-pyrrole nitrogens is 1. The first-order valence-corrected chi connectivity index (χ1v) is 6.40. The van der Waals surface area contributed by atoms with Crippen LogP contribution in [-0.2, 0) is 12.8 Å². The van der Waals surface area contributed by atoms with Crippen LogP contribution in [0.25, 0.3) is 0 Å². The summed E-state index contributed by atoms with van der Waals surface area (Å²) in [6.45, 7) is 0. The van der Waals surface area contributed by atoms with Crippen LogP contribution in [0.15, 0.2) is 47.3 Å². The van der Waals surface area contributed by atoms with Gasteiger partial charge in [0.25, 0.3) is 0 Å². The maximum atomic E-state index is 6.05. The highest BCUT2D eigenvalue weighted by Crippen LogP contribution is 2.15. The van der Waals surface area contributed by atoms with Gasteiger partial charge < -0.3 is 15.1 Å². The van der Waals surface area contributed by atoms with Crippen LogP contribution >= 0.6 is 0 Å². The lowest BCUT2D eigenvalue weighted by Gasteiger charge is -2.04. The minimum absolute atomic E-state index is 0.326. The molecule has 1 aromatic carbocycles. The zero-order valence-corrected chi connectivity index (χ0v) is 10.9. The second kappa shape index (κ2) is 5.66. The molecule has 0 radical (unpaired) electrons. The van der Waals surface area contributed by atoms with Gasteiger partial charge in [0.2, 0.25) is 11.8 Å². The van der Waals surface area contributed by atoms with Gasteiger partial charge in [0.05, 0.1) is 18.8 Å². The number of rotatable bonds is 5. The van der Waals surface area contributed by atoms with Crippen molar-refractivity contribution in [3.63, 3.8) is 0 Å². The summed E-state index contributed by atoms with van der Waals surface area (Å²) in [7, 11) is 0. The second-order valence-electron chi connectivity index (χ2n) is 4.58. The molecule has 0 bridgehead atoms. The standard InChI is InChI=1S/C14H15N5O/c15-12(7-11-8-16-9-17-11)14-19-18-13(20-14)6-10-4-2-1-3-5-10/h1-5,8-9,12H,6-7,15H2,(H,16,17). The van der Waals surface area contributed by atoms with Crippen LogP contribution in [0.1, 0.15) is 29.1 Å². The number of aromatic amines is 1. The molecule has 6 nitrogen and oxygen atoms in total. The summed E-state index contributed by atoms with van der Waals surface area (Å²) in [5, 5.41) is 8.06. The summed E-state index contributed by atoms with van der Waals surface area (Å²) in [4.78, 5) is 6.96. The van der Waals surface area contributed by atoms with E-state index in [9.17, 15) is 0 Å². The maximum Gasteiger partial charge on any atom is 0.233 e. The average Bonchev–Trinajstić information content (AvgIpc) is 3.11. The predicted molar refractivity (Wildman–Crippen MR) is 72.8 cm³/mol. The number of hydrogen-bond donors (Lipinski definition) is 2. The van der Waals surface area contributed by atoms with E-state index < -0.39 is 0 Å². The van der Waals surface area contributed by atoms with Crippen LogP contribution in [0.4, 0.5) is 0 Å². The molecule has 1 atom stereocenters. The Balaban J connectivity index is 1.67. The number of nitrogens with one attached hydrogen (secondary N) is 1. The molecule has 3 aromatic rings. The van der Waals surface area contributed by atoms with E-state index in [2.05, 4.69) is 20.2 Å². The SMILES string of the molecule is NC(Cc1cnc[nH]1)c1nnc(Cc2ccccc2)o1. The first-order chi connectivity index (χ1) is 9.81. The van der Waals surface area contributed by atoms with Crippen molar-refractivity contribution < 1.29 is 4.42 Å². The monoisotopic (exact) mass is 269 g/mol. The van der Waals surface area contributed by atoms with E-state index in [0.717, 1.165) is 11.3 Å². The van der Waals surface area contributed by atoms with Crippen LogP contribution in [0.3, 0.4) is 0 Å². The summed E-state index contributed by atoms with van der Waals surface area (Å²) >= 11 is 0. The number of hydrogen-bond acceptors (Lipinski definition) is 5. The molecule has 2 heterocycles. The van der Waals surface area contributed by atoms with E-state index in [-0.39, 0.29) is 6.04 Å². The summed E-state index contributed by atoms with van der Waals surface area (Å²) in [6, 6.07) is 9.66. The Hall–Kier alpha value is -2.47. The molecule has 20 heavy (non-hydrogen) atoms. The van der Waals surface area contributed by atoms with Crippen LogP contribution in [0.5, 0.6) is 0 Å². The van der Waals surface area contributed by atoms with E-state index in [0.29, 0.717) is 24.6 Å². The van der Waals surface area contributed by atoms with Gasteiger partial charge in [-0.25, -0.2) is 4.98 Å². The van der Waals surface area contributed by atoms with E-state index >= 15 is 0 Å². The molecule has 0 saturated carbocycles. The minimum atomic E-state index is -0.326. The molecule has 0 spiro atoms. The third kappa shape index (κ3) is 2.92. The quantitative estimate of drug-likeness (QED) is 0.734. The molecular formula is C14H15N5O. The zero-order valence-electron chi connectivity index (χ0n) is 10.9. The Morgan fingerprint density at radius 1 is 1.20 bits per heavy atom. The highest BCUT2D eigenvalue weighted by molar-refractivity contribution is 5.17. The Bertz CT molecular complexity index is 647. The summed E-state index contributed by atoms with van der Waals surface area (Å²) < 4.78 is 5.62. The van der Waals surface area contributed by atoms with Gasteiger partial charge in [-0.2, -0.15) is 0 Å². The predicted octanol–water partition coefficient (Wildman–Crippen LogP) is 1.63. The van der Waals surface area contributed by atoms with Crippen molar-refractivity contribution in [1.29, 1.82) is 0 Å². The highest BCUT2D eigenvalue weighted by atomic mass is 16.4. The van der Waals surface area contributed by atoms with Crippen molar-refractivity contribution in [2.75, 3.05) is 0 Å². The van der Waals surface area contributed by atoms with E-state index in [1.807, 2.05) is 30.3 Å². The summed E-state index contributed by atoms with van der Waals surface area (Å²) in [5.74, 6) is 1.02. The van der Waals surface area contributed by atoms with Gasteiger partial charge in [0.1, 0.15) is 0 Å². The molecule has 102 valence electrons. The smallest absolute Gasteiger partial charge is 0.233 e. The highest BCUT2D eigenvalue weighted by Gasteiger charge is 2.15. The van der Waals surface area contributed by atoms with Gasteiger partial charge in [-0.05, 0) is 5.56 Å². The molecule has 3 rings (SSSR count). The molecule has 6 heteroatoms. The Morgan fingerprint density at radius 3 is 2.80 bits per heavy atom. The van der Waals surface area contributed by atoms with Crippen molar-refractivity contribution in [2.45, 2.75) is 18.9 Å².